The molecule has 0 aromatic heterocycles. The summed E-state index contributed by atoms with van der Waals surface area (Å²) in [6.07, 6.45) is 13.5. The van der Waals surface area contributed by atoms with Crippen LogP contribution in [0.3, 0.4) is 0 Å². The molecule has 0 radical (unpaired) electrons. The minimum atomic E-state index is 0.0454. The van der Waals surface area contributed by atoms with E-state index in [0.29, 0.717) is 5.92 Å². The molecule has 0 N–H and O–H groups in total. The smallest absolute Gasteiger partial charge is 0.309 e. The molecule has 150 valence electrons. The Balaban J connectivity index is 1.26. The van der Waals surface area contributed by atoms with Crippen LogP contribution in [0.1, 0.15) is 90.9 Å². The average molecular weight is 367 g/mol. The van der Waals surface area contributed by atoms with Gasteiger partial charge in [0.1, 0.15) is 6.10 Å². The zero-order valence-electron chi connectivity index (χ0n) is 16.8. The Morgan fingerprint density at radius 1 is 0.731 bits per heavy atom. The molecule has 3 aliphatic rings. The zero-order valence-corrected chi connectivity index (χ0v) is 16.8. The van der Waals surface area contributed by atoms with Gasteiger partial charge in [-0.15, -0.1) is 0 Å². The Kier molecular flexibility index (Phi) is 7.80. The highest BCUT2D eigenvalue weighted by Crippen LogP contribution is 2.32. The summed E-state index contributed by atoms with van der Waals surface area (Å²) in [5.74, 6) is 2.50. The number of carbonyl (C=O) groups excluding carboxylic acids is 1. The van der Waals surface area contributed by atoms with Crippen LogP contribution >= 0.6 is 0 Å². The summed E-state index contributed by atoms with van der Waals surface area (Å²) in [5.41, 5.74) is 0. The van der Waals surface area contributed by atoms with Crippen molar-refractivity contribution in [1.29, 1.82) is 0 Å². The van der Waals surface area contributed by atoms with Crippen molar-refractivity contribution in [2.24, 2.45) is 23.7 Å². The van der Waals surface area contributed by atoms with Crippen LogP contribution < -0.4 is 0 Å². The van der Waals surface area contributed by atoms with E-state index in [9.17, 15) is 4.79 Å². The fraction of sp³-hybridized carbons (Fsp3) is 0.955. The van der Waals surface area contributed by atoms with Gasteiger partial charge in [-0.25, -0.2) is 9.78 Å². The molecule has 0 aromatic rings. The van der Waals surface area contributed by atoms with Gasteiger partial charge in [0, 0.05) is 0 Å². The molecular weight excluding hydrogens is 328 g/mol. The second kappa shape index (κ2) is 10.1. The van der Waals surface area contributed by atoms with Crippen molar-refractivity contribution in [3.05, 3.63) is 0 Å². The van der Waals surface area contributed by atoms with Crippen LogP contribution in [0.2, 0.25) is 0 Å². The normalized spacial score (nSPS) is 38.7. The molecule has 3 rings (SSSR count). The molecule has 3 fully saturated rings. The number of hydrogen-bond acceptors (Lipinski definition) is 4. The van der Waals surface area contributed by atoms with Crippen molar-refractivity contribution in [1.82, 2.24) is 0 Å². The monoisotopic (exact) mass is 366 g/mol. The van der Waals surface area contributed by atoms with Gasteiger partial charge in [0.25, 0.3) is 0 Å². The van der Waals surface area contributed by atoms with Crippen LogP contribution in [0, 0.1) is 23.7 Å². The van der Waals surface area contributed by atoms with E-state index in [1.807, 2.05) is 0 Å². The molecule has 3 aliphatic carbocycles. The van der Waals surface area contributed by atoms with Gasteiger partial charge in [-0.05, 0) is 82.0 Å². The predicted octanol–water partition coefficient (Wildman–Crippen LogP) is 5.44. The van der Waals surface area contributed by atoms with E-state index in [4.69, 9.17) is 14.5 Å². The lowest BCUT2D eigenvalue weighted by atomic mass is 9.83. The Labute approximate surface area is 159 Å². The molecule has 3 saturated carbocycles. The van der Waals surface area contributed by atoms with Gasteiger partial charge in [-0.2, -0.15) is 0 Å². The van der Waals surface area contributed by atoms with E-state index < -0.39 is 0 Å². The second-order valence-corrected chi connectivity index (χ2v) is 9.30. The second-order valence-electron chi connectivity index (χ2n) is 9.30. The van der Waals surface area contributed by atoms with Crippen molar-refractivity contribution in [2.75, 3.05) is 6.61 Å². The predicted molar refractivity (Wildman–Crippen MR) is 101 cm³/mol. The van der Waals surface area contributed by atoms with E-state index in [-0.39, 0.29) is 24.1 Å². The molecule has 0 amide bonds. The molecule has 4 nitrogen and oxygen atoms in total. The highest BCUT2D eigenvalue weighted by molar-refractivity contribution is 5.72. The third kappa shape index (κ3) is 6.23. The Morgan fingerprint density at radius 2 is 1.27 bits per heavy atom. The Bertz CT molecular complexity index is 414. The zero-order chi connectivity index (χ0) is 18.4. The van der Waals surface area contributed by atoms with Crippen molar-refractivity contribution < 1.29 is 19.3 Å². The first-order valence-corrected chi connectivity index (χ1v) is 11.1. The summed E-state index contributed by atoms with van der Waals surface area (Å²) < 4.78 is 5.79. The number of ether oxygens (including phenoxy) is 1. The minimum Gasteiger partial charge on any atom is -0.462 e. The molecule has 0 bridgehead atoms. The average Bonchev–Trinajstić information content (AvgIpc) is 2.65. The van der Waals surface area contributed by atoms with Gasteiger partial charge in [0.2, 0.25) is 0 Å². The summed E-state index contributed by atoms with van der Waals surface area (Å²) in [4.78, 5) is 23.6. The first-order chi connectivity index (χ1) is 12.6. The van der Waals surface area contributed by atoms with Gasteiger partial charge >= 0.3 is 5.97 Å². The van der Waals surface area contributed by atoms with Gasteiger partial charge in [0.15, 0.2) is 0 Å². The highest BCUT2D eigenvalue weighted by atomic mass is 17.2. The summed E-state index contributed by atoms with van der Waals surface area (Å²) in [7, 11) is 0. The summed E-state index contributed by atoms with van der Waals surface area (Å²) >= 11 is 0. The summed E-state index contributed by atoms with van der Waals surface area (Å²) in [6, 6.07) is 0. The first kappa shape index (κ1) is 20.1. The first-order valence-electron chi connectivity index (χ1n) is 11.1. The lowest BCUT2D eigenvalue weighted by Crippen LogP contribution is -2.32. The lowest BCUT2D eigenvalue weighted by Gasteiger charge is -2.31. The van der Waals surface area contributed by atoms with E-state index in [1.54, 1.807) is 0 Å². The van der Waals surface area contributed by atoms with Crippen LogP contribution in [-0.2, 0) is 19.3 Å². The van der Waals surface area contributed by atoms with E-state index in [0.717, 1.165) is 69.8 Å². The third-order valence-electron chi connectivity index (χ3n) is 6.90. The van der Waals surface area contributed by atoms with Gasteiger partial charge < -0.3 is 4.74 Å². The van der Waals surface area contributed by atoms with Crippen LogP contribution in [0.5, 0.6) is 0 Å². The molecule has 4 heteroatoms. The lowest BCUT2D eigenvalue weighted by molar-refractivity contribution is -0.336. The Hall–Kier alpha value is -0.610. The maximum atomic E-state index is 12.3. The van der Waals surface area contributed by atoms with Crippen molar-refractivity contribution >= 4 is 5.97 Å². The van der Waals surface area contributed by atoms with Crippen LogP contribution in [0.4, 0.5) is 0 Å². The van der Waals surface area contributed by atoms with Crippen LogP contribution in [0.25, 0.3) is 0 Å². The molecule has 0 saturated heterocycles. The molecule has 0 atom stereocenters. The quantitative estimate of drug-likeness (QED) is 0.357. The third-order valence-corrected chi connectivity index (χ3v) is 6.90. The largest absolute Gasteiger partial charge is 0.462 e. The SMILES string of the molecule is CC1CCC(COOC2CCC(OC(=O)C3CCC(C)CC3)CC2)CC1. The van der Waals surface area contributed by atoms with Gasteiger partial charge in [-0.3, -0.25) is 4.79 Å². The van der Waals surface area contributed by atoms with Crippen LogP contribution in [0.15, 0.2) is 0 Å². The molecule has 0 spiro atoms. The Morgan fingerprint density at radius 3 is 1.88 bits per heavy atom. The topological polar surface area (TPSA) is 44.8 Å². The molecule has 26 heavy (non-hydrogen) atoms. The number of rotatable bonds is 6. The maximum Gasteiger partial charge on any atom is 0.309 e. The fourth-order valence-corrected chi connectivity index (χ4v) is 4.73. The summed E-state index contributed by atoms with van der Waals surface area (Å²) in [5, 5.41) is 0. The van der Waals surface area contributed by atoms with Gasteiger partial charge in [-0.1, -0.05) is 26.7 Å². The molecule has 0 aliphatic heterocycles. The highest BCUT2D eigenvalue weighted by Gasteiger charge is 2.30. The summed E-state index contributed by atoms with van der Waals surface area (Å²) in [6.45, 7) is 5.36. The maximum absolute atomic E-state index is 12.3. The van der Waals surface area contributed by atoms with E-state index in [2.05, 4.69) is 13.8 Å². The van der Waals surface area contributed by atoms with Crippen molar-refractivity contribution in [3.63, 3.8) is 0 Å². The molecule has 0 aromatic carbocycles. The molecule has 0 unspecified atom stereocenters. The number of carbonyl (C=O) groups is 1. The number of esters is 1. The van der Waals surface area contributed by atoms with Crippen molar-refractivity contribution in [3.8, 4) is 0 Å². The van der Waals surface area contributed by atoms with Crippen LogP contribution in [-0.4, -0.2) is 24.8 Å². The van der Waals surface area contributed by atoms with Gasteiger partial charge in [0.05, 0.1) is 18.6 Å². The van der Waals surface area contributed by atoms with Crippen molar-refractivity contribution in [2.45, 2.75) is 103 Å². The molecule has 0 heterocycles. The van der Waals surface area contributed by atoms with E-state index in [1.165, 1.54) is 25.7 Å². The molecular formula is C22H38O4. The van der Waals surface area contributed by atoms with E-state index >= 15 is 0 Å². The minimum absolute atomic E-state index is 0.0454. The standard InChI is InChI=1S/C22H38O4/c1-16-3-7-18(8-4-16)15-24-26-21-13-11-20(12-14-21)25-22(23)19-9-5-17(2)6-10-19/h16-21H,3-15H2,1-2H3. The number of hydrogen-bond donors (Lipinski definition) is 0. The fourth-order valence-electron chi connectivity index (χ4n) is 4.73.